The Kier molecular flexibility index (Phi) is 3.08. The van der Waals surface area contributed by atoms with Crippen LogP contribution in [-0.4, -0.2) is 20.9 Å². The third-order valence-corrected chi connectivity index (χ3v) is 4.18. The van der Waals surface area contributed by atoms with Crippen LogP contribution in [0.1, 0.15) is 17.9 Å². The highest BCUT2D eigenvalue weighted by atomic mass is 35.5. The molecule has 6 heteroatoms. The Bertz CT molecular complexity index is 810. The van der Waals surface area contributed by atoms with Crippen molar-refractivity contribution in [2.45, 2.75) is 12.3 Å². The number of nitrogens with one attached hydrogen (secondary N) is 2. The van der Waals surface area contributed by atoms with Gasteiger partial charge >= 0.3 is 0 Å². The molecule has 1 fully saturated rings. The van der Waals surface area contributed by atoms with E-state index in [1.165, 1.54) is 0 Å². The molecule has 110 valence electrons. The zero-order valence-electron chi connectivity index (χ0n) is 11.6. The number of carbonyl (C=O) groups excluding carboxylic acids is 1. The van der Waals surface area contributed by atoms with Gasteiger partial charge in [0.15, 0.2) is 5.65 Å². The van der Waals surface area contributed by atoms with E-state index in [4.69, 9.17) is 11.6 Å². The van der Waals surface area contributed by atoms with Crippen LogP contribution in [-0.2, 0) is 4.79 Å². The first-order valence-corrected chi connectivity index (χ1v) is 7.45. The van der Waals surface area contributed by atoms with Crippen LogP contribution in [0.15, 0.2) is 42.6 Å². The number of anilines is 1. The molecule has 0 radical (unpaired) electrons. The van der Waals surface area contributed by atoms with Gasteiger partial charge in [0.25, 0.3) is 0 Å². The van der Waals surface area contributed by atoms with E-state index >= 15 is 0 Å². The maximum absolute atomic E-state index is 12.3. The number of H-pyrrole nitrogens is 1. The summed E-state index contributed by atoms with van der Waals surface area (Å²) in [5, 5.41) is 3.54. The van der Waals surface area contributed by atoms with Gasteiger partial charge in [-0.25, -0.2) is 4.98 Å². The van der Waals surface area contributed by atoms with Gasteiger partial charge in [0.1, 0.15) is 0 Å². The molecule has 0 unspecified atom stereocenters. The highest BCUT2D eigenvalue weighted by Gasteiger charge is 2.44. The number of fused-ring (bicyclic) bond motifs is 1. The second-order valence-corrected chi connectivity index (χ2v) is 5.89. The molecule has 0 aliphatic heterocycles. The van der Waals surface area contributed by atoms with Crippen molar-refractivity contribution in [3.05, 3.63) is 53.2 Å². The number of imidazole rings is 1. The lowest BCUT2D eigenvalue weighted by Crippen LogP contribution is -2.15. The van der Waals surface area contributed by atoms with Gasteiger partial charge < -0.3 is 4.98 Å². The molecule has 2 N–H and O–H groups in total. The van der Waals surface area contributed by atoms with Gasteiger partial charge in [-0.3, -0.25) is 10.1 Å². The Balaban J connectivity index is 1.46. The number of halogens is 1. The number of aromatic amines is 1. The predicted molar refractivity (Wildman–Crippen MR) is 84.8 cm³/mol. The molecule has 2 atom stereocenters. The molecule has 0 bridgehead atoms. The molecule has 5 nitrogen and oxygen atoms in total. The summed E-state index contributed by atoms with van der Waals surface area (Å²) in [7, 11) is 0. The molecule has 0 spiro atoms. The van der Waals surface area contributed by atoms with Gasteiger partial charge in [0, 0.05) is 17.1 Å². The quantitative estimate of drug-likeness (QED) is 0.779. The Morgan fingerprint density at radius 1 is 1.27 bits per heavy atom. The van der Waals surface area contributed by atoms with Crippen LogP contribution in [0.4, 0.5) is 5.95 Å². The Morgan fingerprint density at radius 2 is 2.09 bits per heavy atom. The van der Waals surface area contributed by atoms with Crippen molar-refractivity contribution in [1.82, 2.24) is 15.0 Å². The van der Waals surface area contributed by atoms with E-state index in [0.29, 0.717) is 16.6 Å². The third-order valence-electron chi connectivity index (χ3n) is 3.92. The minimum atomic E-state index is -0.0148. The van der Waals surface area contributed by atoms with Gasteiger partial charge in [-0.1, -0.05) is 23.7 Å². The highest BCUT2D eigenvalue weighted by molar-refractivity contribution is 6.30. The fraction of sp³-hybridized carbons (Fsp3) is 0.188. The minimum absolute atomic E-state index is 0.0117. The van der Waals surface area contributed by atoms with E-state index < -0.39 is 0 Å². The van der Waals surface area contributed by atoms with Crippen LogP contribution in [0.25, 0.3) is 11.2 Å². The van der Waals surface area contributed by atoms with Crippen molar-refractivity contribution in [2.75, 3.05) is 5.32 Å². The van der Waals surface area contributed by atoms with Crippen LogP contribution >= 0.6 is 11.6 Å². The summed E-state index contributed by atoms with van der Waals surface area (Å²) < 4.78 is 0. The Labute approximate surface area is 131 Å². The number of hydrogen-bond donors (Lipinski definition) is 2. The number of amides is 1. The van der Waals surface area contributed by atoms with E-state index in [2.05, 4.69) is 20.3 Å². The molecule has 3 aromatic rings. The van der Waals surface area contributed by atoms with Gasteiger partial charge in [0.2, 0.25) is 11.9 Å². The molecule has 2 aromatic heterocycles. The molecular weight excluding hydrogens is 300 g/mol. The number of nitrogens with zero attached hydrogens (tertiary/aromatic N) is 2. The molecule has 4 rings (SSSR count). The van der Waals surface area contributed by atoms with E-state index in [9.17, 15) is 4.79 Å². The van der Waals surface area contributed by atoms with E-state index in [0.717, 1.165) is 17.5 Å². The van der Waals surface area contributed by atoms with Crippen molar-refractivity contribution in [1.29, 1.82) is 0 Å². The average molecular weight is 313 g/mol. The van der Waals surface area contributed by atoms with Crippen molar-refractivity contribution in [3.63, 3.8) is 0 Å². The second kappa shape index (κ2) is 5.10. The highest BCUT2D eigenvalue weighted by Crippen LogP contribution is 2.48. The summed E-state index contributed by atoms with van der Waals surface area (Å²) in [5.74, 6) is 0.682. The van der Waals surface area contributed by atoms with Gasteiger partial charge in [-0.15, -0.1) is 0 Å². The summed E-state index contributed by atoms with van der Waals surface area (Å²) in [6.45, 7) is 0. The topological polar surface area (TPSA) is 70.7 Å². The molecule has 1 aliphatic rings. The largest absolute Gasteiger partial charge is 0.322 e. The fourth-order valence-electron chi connectivity index (χ4n) is 2.68. The minimum Gasteiger partial charge on any atom is -0.322 e. The molecule has 2 heterocycles. The van der Waals surface area contributed by atoms with E-state index in [-0.39, 0.29) is 17.7 Å². The zero-order valence-corrected chi connectivity index (χ0v) is 12.3. The van der Waals surface area contributed by atoms with Crippen LogP contribution in [0.2, 0.25) is 5.02 Å². The summed E-state index contributed by atoms with van der Waals surface area (Å²) in [6.07, 6.45) is 2.53. The SMILES string of the molecule is O=C(Nc1nc2ncccc2[nH]1)[C@@H]1C[C@H]1c1ccc(Cl)cc1. The lowest BCUT2D eigenvalue weighted by Gasteiger charge is -2.02. The predicted octanol–water partition coefficient (Wildman–Crippen LogP) is 3.35. The molecule has 1 amide bonds. The number of benzene rings is 1. The Morgan fingerprint density at radius 3 is 2.86 bits per heavy atom. The van der Waals surface area contributed by atoms with Crippen molar-refractivity contribution >= 4 is 34.6 Å². The molecule has 22 heavy (non-hydrogen) atoms. The number of carbonyl (C=O) groups is 1. The normalized spacial score (nSPS) is 20.0. The summed E-state index contributed by atoms with van der Waals surface area (Å²) in [5.41, 5.74) is 2.56. The number of hydrogen-bond acceptors (Lipinski definition) is 3. The van der Waals surface area contributed by atoms with Gasteiger partial charge in [0.05, 0.1) is 5.52 Å². The van der Waals surface area contributed by atoms with Crippen molar-refractivity contribution < 1.29 is 4.79 Å². The van der Waals surface area contributed by atoms with Crippen LogP contribution in [0.5, 0.6) is 0 Å². The maximum atomic E-state index is 12.3. The first-order chi connectivity index (χ1) is 10.7. The molecule has 1 aromatic carbocycles. The zero-order chi connectivity index (χ0) is 15.1. The smallest absolute Gasteiger partial charge is 0.230 e. The van der Waals surface area contributed by atoms with Crippen molar-refractivity contribution in [2.24, 2.45) is 5.92 Å². The van der Waals surface area contributed by atoms with E-state index in [1.807, 2.05) is 36.4 Å². The number of pyridine rings is 1. The van der Waals surface area contributed by atoms with Gasteiger partial charge in [-0.2, -0.15) is 4.98 Å². The summed E-state index contributed by atoms with van der Waals surface area (Å²) in [6, 6.07) is 11.4. The molecular formula is C16H13ClN4O. The first kappa shape index (κ1) is 13.3. The fourth-order valence-corrected chi connectivity index (χ4v) is 2.80. The standard InChI is InChI=1S/C16H13ClN4O/c17-10-5-3-9(4-6-10)11-8-12(11)15(22)21-16-19-13-2-1-7-18-14(13)20-16/h1-7,11-12H,8H2,(H2,18,19,20,21,22)/t11-,12+/m0/s1. The third kappa shape index (κ3) is 2.44. The van der Waals surface area contributed by atoms with Crippen LogP contribution in [0.3, 0.4) is 0 Å². The van der Waals surface area contributed by atoms with Crippen LogP contribution in [0, 0.1) is 5.92 Å². The maximum Gasteiger partial charge on any atom is 0.230 e. The Hall–Kier alpha value is -2.40. The van der Waals surface area contributed by atoms with E-state index in [1.54, 1.807) is 6.20 Å². The monoisotopic (exact) mass is 312 g/mol. The summed E-state index contributed by atoms with van der Waals surface area (Å²) in [4.78, 5) is 23.7. The second-order valence-electron chi connectivity index (χ2n) is 5.45. The van der Waals surface area contributed by atoms with Crippen molar-refractivity contribution in [3.8, 4) is 0 Å². The molecule has 0 saturated heterocycles. The molecule has 1 saturated carbocycles. The lowest BCUT2D eigenvalue weighted by molar-refractivity contribution is -0.117. The molecule has 1 aliphatic carbocycles. The summed E-state index contributed by atoms with van der Waals surface area (Å²) >= 11 is 5.88. The van der Waals surface area contributed by atoms with Gasteiger partial charge in [-0.05, 0) is 42.2 Å². The average Bonchev–Trinajstić information content (AvgIpc) is 3.21. The number of aromatic nitrogens is 3. The lowest BCUT2D eigenvalue weighted by atomic mass is 10.1. The first-order valence-electron chi connectivity index (χ1n) is 7.08. The van der Waals surface area contributed by atoms with Crippen LogP contribution < -0.4 is 5.32 Å². The number of rotatable bonds is 3.